The SMILES string of the molecule is CC(C)(O)c1cnnn1[C@H]1C[C@@H](C(=O)NC(CCCCNC(=O)O)C(=O)C(N)=O)N(C(=O)C(CC2CCCCC2)NC(=O)c2cnc3nccnc3c2)C1. The summed E-state index contributed by atoms with van der Waals surface area (Å²) in [5, 5.41) is 35.6. The minimum Gasteiger partial charge on any atom is -0.465 e. The Balaban J connectivity index is 1.44. The molecule has 1 aliphatic carbocycles. The van der Waals surface area contributed by atoms with Gasteiger partial charge in [-0.25, -0.2) is 19.4 Å². The number of nitrogens with zero attached hydrogens (tertiary/aromatic N) is 7. The molecular formula is C35H47N11O8. The summed E-state index contributed by atoms with van der Waals surface area (Å²) in [6.07, 6.45) is 10.1. The van der Waals surface area contributed by atoms with Crippen molar-refractivity contribution < 1.29 is 39.0 Å². The van der Waals surface area contributed by atoms with Crippen LogP contribution in [0, 0.1) is 5.92 Å². The number of nitrogens with one attached hydrogen (secondary N) is 3. The number of likely N-dealkylation sites (tertiary alicyclic amines) is 1. The Kier molecular flexibility index (Phi) is 12.8. The fourth-order valence-electron chi connectivity index (χ4n) is 7.21. The molecule has 0 radical (unpaired) electrons. The quantitative estimate of drug-likeness (QED) is 0.0872. The van der Waals surface area contributed by atoms with E-state index in [1.54, 1.807) is 13.8 Å². The fourth-order valence-corrected chi connectivity index (χ4v) is 7.21. The molecule has 1 saturated heterocycles. The van der Waals surface area contributed by atoms with Crippen molar-refractivity contribution in [1.82, 2.24) is 50.8 Å². The number of amides is 5. The number of aliphatic hydroxyl groups is 1. The lowest BCUT2D eigenvalue weighted by Gasteiger charge is -2.32. The Morgan fingerprint density at radius 3 is 2.43 bits per heavy atom. The number of carbonyl (C=O) groups excluding carboxylic acids is 5. The highest BCUT2D eigenvalue weighted by Crippen LogP contribution is 2.33. The van der Waals surface area contributed by atoms with E-state index in [1.165, 1.54) is 40.4 Å². The highest BCUT2D eigenvalue weighted by atomic mass is 16.4. The molecule has 3 aromatic rings. The zero-order valence-electron chi connectivity index (χ0n) is 30.3. The molecule has 2 unspecified atom stereocenters. The van der Waals surface area contributed by atoms with E-state index in [-0.39, 0.29) is 43.8 Å². The number of rotatable bonds is 16. The average Bonchev–Trinajstić information content (AvgIpc) is 3.82. The Labute approximate surface area is 310 Å². The summed E-state index contributed by atoms with van der Waals surface area (Å²) >= 11 is 0. The fraction of sp³-hybridized carbons (Fsp3) is 0.571. The Bertz CT molecular complexity index is 1860. The van der Waals surface area contributed by atoms with E-state index in [9.17, 15) is 33.9 Å². The third-order valence-electron chi connectivity index (χ3n) is 9.97. The Morgan fingerprint density at radius 2 is 1.72 bits per heavy atom. The van der Waals surface area contributed by atoms with Crippen LogP contribution in [0.4, 0.5) is 4.79 Å². The number of primary amides is 1. The Hall–Kier alpha value is -5.59. The predicted molar refractivity (Wildman–Crippen MR) is 190 cm³/mol. The van der Waals surface area contributed by atoms with Crippen molar-refractivity contribution in [3.05, 3.63) is 42.1 Å². The van der Waals surface area contributed by atoms with Gasteiger partial charge in [0.05, 0.1) is 29.5 Å². The molecule has 2 aliphatic rings. The molecule has 0 aromatic carbocycles. The summed E-state index contributed by atoms with van der Waals surface area (Å²) in [6, 6.07) is -2.69. The van der Waals surface area contributed by atoms with Gasteiger partial charge >= 0.3 is 6.09 Å². The number of unbranched alkanes of at least 4 members (excludes halogenated alkanes) is 1. The Morgan fingerprint density at radius 1 is 0.981 bits per heavy atom. The zero-order valence-corrected chi connectivity index (χ0v) is 30.3. The number of fused-ring (bicyclic) bond motifs is 1. The van der Waals surface area contributed by atoms with Gasteiger partial charge in [0.2, 0.25) is 17.6 Å². The van der Waals surface area contributed by atoms with Crippen molar-refractivity contribution in [2.45, 2.75) is 108 Å². The molecule has 54 heavy (non-hydrogen) atoms. The molecule has 5 amide bonds. The van der Waals surface area contributed by atoms with Gasteiger partial charge in [0, 0.05) is 38.1 Å². The van der Waals surface area contributed by atoms with Gasteiger partial charge in [0.25, 0.3) is 11.8 Å². The van der Waals surface area contributed by atoms with Crippen LogP contribution >= 0.6 is 0 Å². The number of Topliss-reactive ketones (excluding diaryl/α,β-unsaturated/α-hetero) is 1. The molecule has 7 N–H and O–H groups in total. The molecule has 0 spiro atoms. The summed E-state index contributed by atoms with van der Waals surface area (Å²) < 4.78 is 1.46. The van der Waals surface area contributed by atoms with Crippen LogP contribution in [0.25, 0.3) is 11.2 Å². The lowest BCUT2D eigenvalue weighted by atomic mass is 9.84. The van der Waals surface area contributed by atoms with Crippen LogP contribution in [-0.4, -0.2) is 112 Å². The van der Waals surface area contributed by atoms with E-state index < -0.39 is 65.3 Å². The first kappa shape index (κ1) is 39.6. The number of ketones is 1. The molecule has 1 aliphatic heterocycles. The first-order valence-electron chi connectivity index (χ1n) is 18.1. The maximum absolute atomic E-state index is 14.7. The highest BCUT2D eigenvalue weighted by Gasteiger charge is 2.45. The third-order valence-corrected chi connectivity index (χ3v) is 9.97. The topological polar surface area (TPSA) is 278 Å². The maximum Gasteiger partial charge on any atom is 0.404 e. The lowest BCUT2D eigenvalue weighted by molar-refractivity contribution is -0.142. The van der Waals surface area contributed by atoms with E-state index in [4.69, 9.17) is 10.8 Å². The summed E-state index contributed by atoms with van der Waals surface area (Å²) in [5.74, 6) is -4.01. The molecule has 290 valence electrons. The van der Waals surface area contributed by atoms with Crippen LogP contribution in [0.3, 0.4) is 0 Å². The smallest absolute Gasteiger partial charge is 0.404 e. The van der Waals surface area contributed by atoms with Gasteiger partial charge in [-0.1, -0.05) is 37.3 Å². The van der Waals surface area contributed by atoms with Crippen molar-refractivity contribution in [3.63, 3.8) is 0 Å². The minimum atomic E-state index is -1.37. The predicted octanol–water partition coefficient (Wildman–Crippen LogP) is 0.732. The molecule has 5 rings (SSSR count). The normalized spacial score (nSPS) is 18.8. The van der Waals surface area contributed by atoms with E-state index in [1.807, 2.05) is 0 Å². The molecule has 3 aromatic heterocycles. The number of hydrogen-bond acceptors (Lipinski definition) is 12. The zero-order chi connectivity index (χ0) is 39.0. The molecule has 4 heterocycles. The van der Waals surface area contributed by atoms with Gasteiger partial charge in [0.1, 0.15) is 23.2 Å². The summed E-state index contributed by atoms with van der Waals surface area (Å²) in [7, 11) is 0. The first-order chi connectivity index (χ1) is 25.7. The first-order valence-corrected chi connectivity index (χ1v) is 18.1. The largest absolute Gasteiger partial charge is 0.465 e. The van der Waals surface area contributed by atoms with Crippen molar-refractivity contribution in [2.24, 2.45) is 11.7 Å². The van der Waals surface area contributed by atoms with E-state index in [0.29, 0.717) is 29.7 Å². The molecule has 4 atom stereocenters. The van der Waals surface area contributed by atoms with Crippen LogP contribution in [-0.2, 0) is 24.8 Å². The minimum absolute atomic E-state index is 0.00137. The lowest BCUT2D eigenvalue weighted by Crippen LogP contribution is -2.56. The molecule has 1 saturated carbocycles. The van der Waals surface area contributed by atoms with E-state index in [2.05, 4.69) is 41.2 Å². The van der Waals surface area contributed by atoms with Crippen molar-refractivity contribution in [3.8, 4) is 0 Å². The van der Waals surface area contributed by atoms with Gasteiger partial charge < -0.3 is 36.8 Å². The number of hydrogen-bond donors (Lipinski definition) is 6. The van der Waals surface area contributed by atoms with Gasteiger partial charge in [-0.2, -0.15) is 0 Å². The second kappa shape index (κ2) is 17.5. The summed E-state index contributed by atoms with van der Waals surface area (Å²) in [4.78, 5) is 92.2. The highest BCUT2D eigenvalue weighted by molar-refractivity contribution is 6.37. The monoisotopic (exact) mass is 749 g/mol. The summed E-state index contributed by atoms with van der Waals surface area (Å²) in [5.41, 5.74) is 5.21. The van der Waals surface area contributed by atoms with Gasteiger partial charge in [-0.05, 0) is 51.5 Å². The standard InChI is InChI=1S/C35H47N11O8/c1-35(2,54)27-18-41-44-46(27)22-16-26(32(50)42-23(28(47)29(36)48)10-6-7-11-39-34(52)53)45(19-22)33(51)25(14-20-8-4-3-5-9-20)43-31(49)21-15-24-30(40-17-21)38-13-12-37-24/h12-13,15,17-18,20,22-23,25-26,39,54H,3-11,14,16,19H2,1-2H3,(H2,36,48)(H,42,50)(H,43,49)(H,52,53)/t22-,23?,25?,26-/m0/s1. The second-order valence-corrected chi connectivity index (χ2v) is 14.4. The molecule has 2 fully saturated rings. The van der Waals surface area contributed by atoms with E-state index in [0.717, 1.165) is 32.1 Å². The number of aromatic nitrogens is 6. The van der Waals surface area contributed by atoms with Crippen LogP contribution < -0.4 is 21.7 Å². The second-order valence-electron chi connectivity index (χ2n) is 14.4. The number of pyridine rings is 1. The van der Waals surface area contributed by atoms with Crippen LogP contribution in [0.2, 0.25) is 0 Å². The number of nitrogens with two attached hydrogens (primary N) is 1. The van der Waals surface area contributed by atoms with Crippen molar-refractivity contribution >= 4 is 46.7 Å². The summed E-state index contributed by atoms with van der Waals surface area (Å²) in [6.45, 7) is 3.15. The third kappa shape index (κ3) is 9.88. The van der Waals surface area contributed by atoms with Crippen molar-refractivity contribution in [1.29, 1.82) is 0 Å². The van der Waals surface area contributed by atoms with Crippen LogP contribution in [0.15, 0.2) is 30.9 Å². The van der Waals surface area contributed by atoms with Crippen LogP contribution in [0.1, 0.15) is 100 Å². The average molecular weight is 750 g/mol. The van der Waals surface area contributed by atoms with Crippen LogP contribution in [0.5, 0.6) is 0 Å². The molecule has 19 nitrogen and oxygen atoms in total. The van der Waals surface area contributed by atoms with E-state index >= 15 is 0 Å². The van der Waals surface area contributed by atoms with Gasteiger partial charge in [0.15, 0.2) is 5.65 Å². The van der Waals surface area contributed by atoms with Crippen molar-refractivity contribution in [2.75, 3.05) is 13.1 Å². The van der Waals surface area contributed by atoms with Gasteiger partial charge in [-0.15, -0.1) is 5.10 Å². The number of carbonyl (C=O) groups is 6. The molecule has 19 heteroatoms. The number of carboxylic acid groups (broad SMARTS) is 1. The molecule has 0 bridgehead atoms. The molecular weight excluding hydrogens is 702 g/mol. The maximum atomic E-state index is 14.7. The van der Waals surface area contributed by atoms with Gasteiger partial charge in [-0.3, -0.25) is 29.0 Å².